The first kappa shape index (κ1) is 8.84. The summed E-state index contributed by atoms with van der Waals surface area (Å²) in [7, 11) is 0. The Hall–Kier alpha value is -0.250. The van der Waals surface area contributed by atoms with Crippen LogP contribution in [0, 0.1) is 0 Å². The summed E-state index contributed by atoms with van der Waals surface area (Å²) in [5.74, 6) is -0.152. The Morgan fingerprint density at radius 3 is 2.64 bits per heavy atom. The fraction of sp³-hybridized carbons (Fsp3) is 0.167. The normalized spacial score (nSPS) is 9.73. The van der Waals surface area contributed by atoms with Crippen LogP contribution in [0.4, 0.5) is 5.69 Å². The molecule has 0 aliphatic heterocycles. The second kappa shape index (κ2) is 3.43. The minimum atomic E-state index is -0.152. The molecule has 2 nitrogen and oxygen atoms in total. The Labute approximate surface area is 78.1 Å². The Morgan fingerprint density at radius 2 is 2.27 bits per heavy atom. The summed E-state index contributed by atoms with van der Waals surface area (Å²) in [6.07, 6.45) is 0. The van der Waals surface area contributed by atoms with Crippen LogP contribution in [0.25, 0.3) is 0 Å². The summed E-state index contributed by atoms with van der Waals surface area (Å²) in [6, 6.07) is 1.62. The van der Waals surface area contributed by atoms with Gasteiger partial charge in [0.2, 0.25) is 5.91 Å². The quantitative estimate of drug-likeness (QED) is 0.758. The van der Waals surface area contributed by atoms with Gasteiger partial charge in [0.1, 0.15) is 4.34 Å². The molecule has 5 heteroatoms. The largest absolute Gasteiger partial charge is 0.324 e. The molecular formula is C6H5Cl2NOS. The van der Waals surface area contributed by atoms with Crippen LogP contribution in [0.5, 0.6) is 0 Å². The second-order valence-corrected chi connectivity index (χ2v) is 4.20. The van der Waals surface area contributed by atoms with E-state index in [1.165, 1.54) is 18.3 Å². The van der Waals surface area contributed by atoms with Crippen molar-refractivity contribution in [2.45, 2.75) is 6.92 Å². The van der Waals surface area contributed by atoms with Crippen molar-refractivity contribution in [2.24, 2.45) is 0 Å². The van der Waals surface area contributed by atoms with Gasteiger partial charge in [-0.2, -0.15) is 0 Å². The molecule has 1 heterocycles. The number of carbonyl (C=O) groups is 1. The van der Waals surface area contributed by atoms with Crippen molar-refractivity contribution in [1.82, 2.24) is 0 Å². The highest BCUT2D eigenvalue weighted by Gasteiger charge is 2.05. The maximum absolute atomic E-state index is 10.6. The number of hydrogen-bond acceptors (Lipinski definition) is 2. The highest BCUT2D eigenvalue weighted by Crippen LogP contribution is 2.34. The van der Waals surface area contributed by atoms with E-state index < -0.39 is 0 Å². The van der Waals surface area contributed by atoms with Gasteiger partial charge < -0.3 is 5.32 Å². The van der Waals surface area contributed by atoms with E-state index in [2.05, 4.69) is 5.32 Å². The minimum Gasteiger partial charge on any atom is -0.324 e. The number of anilines is 1. The van der Waals surface area contributed by atoms with Gasteiger partial charge in [0.15, 0.2) is 0 Å². The molecule has 0 radical (unpaired) electrons. The molecule has 1 amide bonds. The Bertz CT molecular complexity index is 284. The van der Waals surface area contributed by atoms with Crippen molar-refractivity contribution >= 4 is 46.1 Å². The number of halogens is 2. The van der Waals surface area contributed by atoms with Gasteiger partial charge in [-0.05, 0) is 6.07 Å². The lowest BCUT2D eigenvalue weighted by Gasteiger charge is -1.95. The fourth-order valence-electron chi connectivity index (χ4n) is 0.615. The van der Waals surface area contributed by atoms with Crippen LogP contribution >= 0.6 is 34.5 Å². The van der Waals surface area contributed by atoms with Crippen molar-refractivity contribution in [3.05, 3.63) is 14.7 Å². The predicted molar refractivity (Wildman–Crippen MR) is 48.6 cm³/mol. The van der Waals surface area contributed by atoms with E-state index in [9.17, 15) is 4.79 Å². The topological polar surface area (TPSA) is 29.1 Å². The molecule has 0 saturated heterocycles. The first-order valence-electron chi connectivity index (χ1n) is 2.82. The molecule has 0 atom stereocenters. The van der Waals surface area contributed by atoms with Gasteiger partial charge >= 0.3 is 0 Å². The van der Waals surface area contributed by atoms with E-state index in [0.29, 0.717) is 14.4 Å². The van der Waals surface area contributed by atoms with E-state index in [-0.39, 0.29) is 5.91 Å². The van der Waals surface area contributed by atoms with E-state index in [1.807, 2.05) is 0 Å². The molecule has 0 bridgehead atoms. The standard InChI is InChI=1S/C6H5Cl2NOS/c1-3(10)9-4-2-5(7)11-6(4)8/h2H,1H3,(H,9,10). The molecule has 0 unspecified atom stereocenters. The summed E-state index contributed by atoms with van der Waals surface area (Å²) in [4.78, 5) is 10.6. The SMILES string of the molecule is CC(=O)Nc1cc(Cl)sc1Cl. The monoisotopic (exact) mass is 209 g/mol. The Balaban J connectivity index is 2.85. The summed E-state index contributed by atoms with van der Waals surface area (Å²) < 4.78 is 1.07. The van der Waals surface area contributed by atoms with Crippen LogP contribution in [0.15, 0.2) is 6.07 Å². The van der Waals surface area contributed by atoms with Gasteiger partial charge in [0, 0.05) is 6.92 Å². The molecule has 0 aliphatic carbocycles. The summed E-state index contributed by atoms with van der Waals surface area (Å²) in [6.45, 7) is 1.42. The van der Waals surface area contributed by atoms with Crippen LogP contribution in [0.2, 0.25) is 8.67 Å². The van der Waals surface area contributed by atoms with Gasteiger partial charge in [0.25, 0.3) is 0 Å². The minimum absolute atomic E-state index is 0.152. The Kier molecular flexibility index (Phi) is 2.76. The lowest BCUT2D eigenvalue weighted by Crippen LogP contribution is -2.04. The molecule has 0 spiro atoms. The lowest BCUT2D eigenvalue weighted by molar-refractivity contribution is -0.114. The second-order valence-electron chi connectivity index (χ2n) is 1.92. The third kappa shape index (κ3) is 2.36. The molecular weight excluding hydrogens is 205 g/mol. The zero-order valence-electron chi connectivity index (χ0n) is 5.65. The zero-order chi connectivity index (χ0) is 8.43. The summed E-state index contributed by atoms with van der Waals surface area (Å²) in [5, 5.41) is 2.55. The van der Waals surface area contributed by atoms with Gasteiger partial charge in [-0.3, -0.25) is 4.79 Å². The molecule has 1 N–H and O–H groups in total. The maximum atomic E-state index is 10.6. The van der Waals surface area contributed by atoms with E-state index in [4.69, 9.17) is 23.2 Å². The van der Waals surface area contributed by atoms with Crippen molar-refractivity contribution in [1.29, 1.82) is 0 Å². The van der Waals surface area contributed by atoms with Crippen molar-refractivity contribution < 1.29 is 4.79 Å². The molecule has 0 aromatic carbocycles. The van der Waals surface area contributed by atoms with Crippen LogP contribution in [-0.2, 0) is 4.79 Å². The molecule has 1 rings (SSSR count). The molecule has 11 heavy (non-hydrogen) atoms. The third-order valence-corrected chi connectivity index (χ3v) is 2.45. The number of rotatable bonds is 1. The first-order chi connectivity index (χ1) is 5.09. The van der Waals surface area contributed by atoms with Gasteiger partial charge in [0.05, 0.1) is 10.0 Å². The van der Waals surface area contributed by atoms with E-state index in [1.54, 1.807) is 6.07 Å². The molecule has 1 aromatic rings. The zero-order valence-corrected chi connectivity index (χ0v) is 7.98. The summed E-state index contributed by atoms with van der Waals surface area (Å²) >= 11 is 12.6. The average molecular weight is 210 g/mol. The van der Waals surface area contributed by atoms with Crippen LogP contribution in [0.3, 0.4) is 0 Å². The summed E-state index contributed by atoms with van der Waals surface area (Å²) in [5.41, 5.74) is 0.578. The number of carbonyl (C=O) groups excluding carboxylic acids is 1. The van der Waals surface area contributed by atoms with Crippen molar-refractivity contribution in [3.63, 3.8) is 0 Å². The predicted octanol–water partition coefficient (Wildman–Crippen LogP) is 3.01. The fourth-order valence-corrected chi connectivity index (χ4v) is 1.99. The molecule has 60 valence electrons. The van der Waals surface area contributed by atoms with E-state index >= 15 is 0 Å². The molecule has 0 fully saturated rings. The highest BCUT2D eigenvalue weighted by molar-refractivity contribution is 7.20. The number of hydrogen-bond donors (Lipinski definition) is 1. The highest BCUT2D eigenvalue weighted by atomic mass is 35.5. The van der Waals surface area contributed by atoms with Gasteiger partial charge in [-0.15, -0.1) is 11.3 Å². The molecule has 0 aliphatic rings. The maximum Gasteiger partial charge on any atom is 0.221 e. The Morgan fingerprint density at radius 1 is 1.64 bits per heavy atom. The number of nitrogens with one attached hydrogen (secondary N) is 1. The van der Waals surface area contributed by atoms with Gasteiger partial charge in [-0.25, -0.2) is 0 Å². The number of thiophene rings is 1. The molecule has 0 saturated carbocycles. The van der Waals surface area contributed by atoms with Crippen molar-refractivity contribution in [2.75, 3.05) is 5.32 Å². The number of amides is 1. The third-order valence-electron chi connectivity index (χ3n) is 0.967. The van der Waals surface area contributed by atoms with E-state index in [0.717, 1.165) is 0 Å². The van der Waals surface area contributed by atoms with Crippen LogP contribution in [-0.4, -0.2) is 5.91 Å². The molecule has 1 aromatic heterocycles. The van der Waals surface area contributed by atoms with Crippen molar-refractivity contribution in [3.8, 4) is 0 Å². The van der Waals surface area contributed by atoms with Gasteiger partial charge in [-0.1, -0.05) is 23.2 Å². The lowest BCUT2D eigenvalue weighted by atomic mass is 10.5. The average Bonchev–Trinajstić information content (AvgIpc) is 2.09. The first-order valence-corrected chi connectivity index (χ1v) is 4.39. The van der Waals surface area contributed by atoms with Crippen LogP contribution < -0.4 is 5.32 Å². The van der Waals surface area contributed by atoms with Crippen LogP contribution in [0.1, 0.15) is 6.92 Å². The smallest absolute Gasteiger partial charge is 0.221 e.